The maximum Gasteiger partial charge on any atom is 0.200 e. The number of rotatable bonds is 0. The van der Waals surface area contributed by atoms with Gasteiger partial charge in [-0.15, -0.1) is 5.10 Å². The SMILES string of the molecule is CN1N=COC1(C)C(C)(C)C. The minimum Gasteiger partial charge on any atom is -0.454 e. The normalized spacial score (nSPS) is 30.8. The van der Waals surface area contributed by atoms with Crippen LogP contribution in [0.25, 0.3) is 0 Å². The zero-order valence-corrected chi connectivity index (χ0v) is 7.88. The molecule has 0 saturated heterocycles. The molecule has 0 aliphatic carbocycles. The maximum atomic E-state index is 5.45. The van der Waals surface area contributed by atoms with Crippen LogP contribution in [0.3, 0.4) is 0 Å². The summed E-state index contributed by atoms with van der Waals surface area (Å²) >= 11 is 0. The minimum absolute atomic E-state index is 0.0677. The molecule has 1 aliphatic heterocycles. The molecule has 1 rings (SSSR count). The van der Waals surface area contributed by atoms with Gasteiger partial charge in [0, 0.05) is 12.5 Å². The Morgan fingerprint density at radius 2 is 2.00 bits per heavy atom. The maximum absolute atomic E-state index is 5.45. The fourth-order valence-electron chi connectivity index (χ4n) is 1.05. The number of hydrogen-bond acceptors (Lipinski definition) is 3. The molecule has 0 saturated carbocycles. The highest BCUT2D eigenvalue weighted by molar-refractivity contribution is 5.49. The standard InChI is InChI=1S/C8H16N2O/c1-7(2,3)8(4)10(5)9-6-11-8/h6H,1-5H3. The largest absolute Gasteiger partial charge is 0.454 e. The Labute approximate surface area is 68.0 Å². The van der Waals surface area contributed by atoms with Gasteiger partial charge in [0.15, 0.2) is 6.40 Å². The van der Waals surface area contributed by atoms with Gasteiger partial charge in [0.2, 0.25) is 5.72 Å². The van der Waals surface area contributed by atoms with Crippen molar-refractivity contribution in [1.82, 2.24) is 5.01 Å². The van der Waals surface area contributed by atoms with Gasteiger partial charge in [0.1, 0.15) is 0 Å². The molecule has 3 heteroatoms. The lowest BCUT2D eigenvalue weighted by Crippen LogP contribution is -2.49. The molecular formula is C8H16N2O. The van der Waals surface area contributed by atoms with Crippen LogP contribution in [0, 0.1) is 5.41 Å². The Kier molecular flexibility index (Phi) is 1.62. The molecule has 3 nitrogen and oxygen atoms in total. The molecule has 0 N–H and O–H groups in total. The summed E-state index contributed by atoms with van der Waals surface area (Å²) in [7, 11) is 1.93. The van der Waals surface area contributed by atoms with Crippen LogP contribution in [0.4, 0.5) is 0 Å². The smallest absolute Gasteiger partial charge is 0.200 e. The summed E-state index contributed by atoms with van der Waals surface area (Å²) in [6.07, 6.45) is 1.51. The predicted octanol–water partition coefficient (Wildman–Crippen LogP) is 1.65. The van der Waals surface area contributed by atoms with Crippen LogP contribution in [-0.4, -0.2) is 24.2 Å². The second-order valence-corrected chi connectivity index (χ2v) is 4.10. The average Bonchev–Trinajstić information content (AvgIpc) is 2.12. The van der Waals surface area contributed by atoms with E-state index >= 15 is 0 Å². The van der Waals surface area contributed by atoms with Crippen LogP contribution in [0.15, 0.2) is 5.10 Å². The topological polar surface area (TPSA) is 24.8 Å². The van der Waals surface area contributed by atoms with E-state index in [9.17, 15) is 0 Å². The zero-order chi connectivity index (χ0) is 8.70. The lowest BCUT2D eigenvalue weighted by atomic mass is 9.84. The van der Waals surface area contributed by atoms with E-state index in [4.69, 9.17) is 4.74 Å². The molecule has 0 amide bonds. The summed E-state index contributed by atoms with van der Waals surface area (Å²) in [5.74, 6) is 0. The molecule has 11 heavy (non-hydrogen) atoms. The van der Waals surface area contributed by atoms with Crippen molar-refractivity contribution in [2.24, 2.45) is 10.5 Å². The van der Waals surface area contributed by atoms with E-state index in [1.54, 1.807) is 0 Å². The first-order chi connectivity index (χ1) is 4.88. The van der Waals surface area contributed by atoms with E-state index in [-0.39, 0.29) is 11.1 Å². The molecule has 0 aromatic rings. The van der Waals surface area contributed by atoms with Crippen molar-refractivity contribution in [3.63, 3.8) is 0 Å². The Hall–Kier alpha value is -0.730. The van der Waals surface area contributed by atoms with Gasteiger partial charge < -0.3 is 4.74 Å². The van der Waals surface area contributed by atoms with Crippen LogP contribution >= 0.6 is 0 Å². The summed E-state index contributed by atoms with van der Waals surface area (Å²) < 4.78 is 5.45. The fraction of sp³-hybridized carbons (Fsp3) is 0.875. The van der Waals surface area contributed by atoms with Crippen molar-refractivity contribution < 1.29 is 4.74 Å². The summed E-state index contributed by atoms with van der Waals surface area (Å²) in [4.78, 5) is 0. The van der Waals surface area contributed by atoms with E-state index in [0.29, 0.717) is 0 Å². The van der Waals surface area contributed by atoms with E-state index in [1.165, 1.54) is 6.40 Å². The van der Waals surface area contributed by atoms with Crippen molar-refractivity contribution in [2.45, 2.75) is 33.4 Å². The van der Waals surface area contributed by atoms with Crippen LogP contribution in [0.2, 0.25) is 0 Å². The lowest BCUT2D eigenvalue weighted by Gasteiger charge is -2.41. The molecule has 0 aromatic carbocycles. The molecule has 1 unspecified atom stereocenters. The molecular weight excluding hydrogens is 140 g/mol. The van der Waals surface area contributed by atoms with Crippen molar-refractivity contribution in [3.05, 3.63) is 0 Å². The summed E-state index contributed by atoms with van der Waals surface area (Å²) in [6, 6.07) is 0. The molecule has 0 spiro atoms. The molecule has 1 aliphatic rings. The first-order valence-corrected chi connectivity index (χ1v) is 3.82. The fourth-order valence-corrected chi connectivity index (χ4v) is 1.05. The number of nitrogens with zero attached hydrogens (tertiary/aromatic N) is 2. The third-order valence-electron chi connectivity index (χ3n) is 2.51. The molecule has 0 radical (unpaired) electrons. The quantitative estimate of drug-likeness (QED) is 0.532. The zero-order valence-electron chi connectivity index (χ0n) is 7.88. The summed E-state index contributed by atoms with van der Waals surface area (Å²) in [5.41, 5.74) is -0.231. The second-order valence-electron chi connectivity index (χ2n) is 4.10. The molecule has 1 heterocycles. The van der Waals surface area contributed by atoms with Gasteiger partial charge in [0.05, 0.1) is 0 Å². The van der Waals surface area contributed by atoms with Crippen molar-refractivity contribution >= 4 is 6.40 Å². The van der Waals surface area contributed by atoms with Gasteiger partial charge in [-0.1, -0.05) is 20.8 Å². The Bertz CT molecular complexity index is 183. The Morgan fingerprint density at radius 1 is 1.45 bits per heavy atom. The van der Waals surface area contributed by atoms with Crippen molar-refractivity contribution in [3.8, 4) is 0 Å². The second kappa shape index (κ2) is 2.13. The van der Waals surface area contributed by atoms with E-state index in [1.807, 2.05) is 19.0 Å². The van der Waals surface area contributed by atoms with Gasteiger partial charge >= 0.3 is 0 Å². The third kappa shape index (κ3) is 1.08. The highest BCUT2D eigenvalue weighted by atomic mass is 16.5. The number of hydrazone groups is 1. The summed E-state index contributed by atoms with van der Waals surface area (Å²) in [5, 5.41) is 5.90. The van der Waals surface area contributed by atoms with Crippen LogP contribution in [-0.2, 0) is 4.74 Å². The molecule has 0 fully saturated rings. The highest BCUT2D eigenvalue weighted by Gasteiger charge is 2.45. The Morgan fingerprint density at radius 3 is 2.18 bits per heavy atom. The van der Waals surface area contributed by atoms with Crippen LogP contribution in [0.1, 0.15) is 27.7 Å². The molecule has 64 valence electrons. The highest BCUT2D eigenvalue weighted by Crippen LogP contribution is 2.37. The lowest BCUT2D eigenvalue weighted by molar-refractivity contribution is -0.113. The van der Waals surface area contributed by atoms with E-state index < -0.39 is 0 Å². The van der Waals surface area contributed by atoms with Crippen molar-refractivity contribution in [2.75, 3.05) is 7.05 Å². The third-order valence-corrected chi connectivity index (χ3v) is 2.51. The molecule has 0 bridgehead atoms. The predicted molar refractivity (Wildman–Crippen MR) is 45.2 cm³/mol. The Balaban J connectivity index is 2.85. The average molecular weight is 156 g/mol. The van der Waals surface area contributed by atoms with E-state index in [2.05, 4.69) is 25.9 Å². The van der Waals surface area contributed by atoms with Gasteiger partial charge in [-0.3, -0.25) is 5.01 Å². The van der Waals surface area contributed by atoms with Gasteiger partial charge in [-0.2, -0.15) is 0 Å². The molecule has 1 atom stereocenters. The number of ether oxygens (including phenoxy) is 1. The monoisotopic (exact) mass is 156 g/mol. The van der Waals surface area contributed by atoms with E-state index in [0.717, 1.165) is 0 Å². The van der Waals surface area contributed by atoms with Gasteiger partial charge in [0.25, 0.3) is 0 Å². The first-order valence-electron chi connectivity index (χ1n) is 3.82. The number of hydrogen-bond donors (Lipinski definition) is 0. The van der Waals surface area contributed by atoms with Crippen molar-refractivity contribution in [1.29, 1.82) is 0 Å². The first kappa shape index (κ1) is 8.37. The van der Waals surface area contributed by atoms with Gasteiger partial charge in [-0.25, -0.2) is 0 Å². The van der Waals surface area contributed by atoms with Crippen LogP contribution < -0.4 is 0 Å². The van der Waals surface area contributed by atoms with Gasteiger partial charge in [-0.05, 0) is 6.92 Å². The van der Waals surface area contributed by atoms with Crippen LogP contribution in [0.5, 0.6) is 0 Å². The molecule has 0 aromatic heterocycles. The minimum atomic E-state index is -0.299. The summed E-state index contributed by atoms with van der Waals surface area (Å²) in [6.45, 7) is 8.45.